The van der Waals surface area contributed by atoms with Crippen LogP contribution in [0.5, 0.6) is 0 Å². The van der Waals surface area contributed by atoms with Gasteiger partial charge in [-0.2, -0.15) is 0 Å². The first-order chi connectivity index (χ1) is 11.1. The number of anilines is 1. The first-order valence-corrected chi connectivity index (χ1v) is 8.92. The van der Waals surface area contributed by atoms with Crippen LogP contribution in [0.1, 0.15) is 38.5 Å². The molecule has 1 aromatic rings. The Balaban J connectivity index is 1.53. The summed E-state index contributed by atoms with van der Waals surface area (Å²) in [6.45, 7) is 0.486. The van der Waals surface area contributed by atoms with E-state index in [4.69, 9.17) is 5.73 Å². The molecule has 1 aromatic heterocycles. The average Bonchev–Trinajstić information content (AvgIpc) is 2.54. The summed E-state index contributed by atoms with van der Waals surface area (Å²) in [5.74, 6) is -0.279. The summed E-state index contributed by atoms with van der Waals surface area (Å²) in [6.07, 6.45) is 7.18. The fourth-order valence-corrected chi connectivity index (χ4v) is 4.10. The highest BCUT2D eigenvalue weighted by atomic mass is 32.2. The maximum atomic E-state index is 12.2. The average molecular weight is 334 g/mol. The molecule has 1 unspecified atom stereocenters. The Kier molecular flexibility index (Phi) is 4.87. The molecule has 2 aliphatic rings. The Morgan fingerprint density at radius 1 is 1.43 bits per heavy atom. The number of pyridine rings is 1. The minimum absolute atomic E-state index is 0.132. The van der Waals surface area contributed by atoms with Crippen molar-refractivity contribution in [2.24, 2.45) is 5.73 Å². The highest BCUT2D eigenvalue weighted by Gasteiger charge is 2.31. The van der Waals surface area contributed by atoms with Gasteiger partial charge in [-0.05, 0) is 25.0 Å². The molecule has 2 amide bonds. The number of aromatic nitrogens is 1. The third-order valence-electron chi connectivity index (χ3n) is 4.43. The van der Waals surface area contributed by atoms with Crippen LogP contribution >= 0.6 is 11.8 Å². The number of thioether (sulfide) groups is 1. The van der Waals surface area contributed by atoms with Crippen molar-refractivity contribution in [3.05, 3.63) is 18.3 Å². The van der Waals surface area contributed by atoms with Crippen LogP contribution in [0.15, 0.2) is 23.4 Å². The zero-order valence-electron chi connectivity index (χ0n) is 13.0. The normalized spacial score (nSPS) is 22.8. The maximum absolute atomic E-state index is 12.2. The van der Waals surface area contributed by atoms with Crippen LogP contribution in [0, 0.1) is 0 Å². The molecule has 6 nitrogen and oxygen atoms in total. The summed E-state index contributed by atoms with van der Waals surface area (Å²) in [7, 11) is 0. The second-order valence-electron chi connectivity index (χ2n) is 6.36. The number of nitrogens with zero attached hydrogens (tertiary/aromatic N) is 1. The zero-order chi connectivity index (χ0) is 16.3. The number of carbonyl (C=O) groups is 2. The van der Waals surface area contributed by atoms with Crippen molar-refractivity contribution in [2.75, 3.05) is 11.9 Å². The number of fused-ring (bicyclic) bond motifs is 1. The van der Waals surface area contributed by atoms with Crippen molar-refractivity contribution in [3.63, 3.8) is 0 Å². The van der Waals surface area contributed by atoms with Gasteiger partial charge in [0.15, 0.2) is 0 Å². The van der Waals surface area contributed by atoms with Gasteiger partial charge in [0.05, 0.1) is 10.9 Å². The minimum Gasteiger partial charge on any atom is -0.354 e. The summed E-state index contributed by atoms with van der Waals surface area (Å²) in [6, 6.07) is 3.59. The lowest BCUT2D eigenvalue weighted by molar-refractivity contribution is -0.124. The van der Waals surface area contributed by atoms with Crippen LogP contribution in [-0.2, 0) is 9.59 Å². The molecule has 3 rings (SSSR count). The second-order valence-corrected chi connectivity index (χ2v) is 7.55. The molecule has 1 atom stereocenters. The van der Waals surface area contributed by atoms with E-state index in [2.05, 4.69) is 15.6 Å². The molecular formula is C16H22N4O2S. The van der Waals surface area contributed by atoms with Crippen LogP contribution < -0.4 is 16.4 Å². The second kappa shape index (κ2) is 6.88. The molecule has 0 saturated heterocycles. The lowest BCUT2D eigenvalue weighted by atomic mass is 9.82. The van der Waals surface area contributed by atoms with Crippen LogP contribution in [0.2, 0.25) is 0 Å². The fraction of sp³-hybridized carbons (Fsp3) is 0.562. The van der Waals surface area contributed by atoms with Gasteiger partial charge in [-0.3, -0.25) is 9.59 Å². The van der Waals surface area contributed by atoms with E-state index >= 15 is 0 Å². The maximum Gasteiger partial charge on any atom is 0.238 e. The van der Waals surface area contributed by atoms with Crippen LogP contribution in [0.4, 0.5) is 5.69 Å². The van der Waals surface area contributed by atoms with Crippen molar-refractivity contribution in [3.8, 4) is 0 Å². The molecule has 4 N–H and O–H groups in total. The van der Waals surface area contributed by atoms with Gasteiger partial charge in [-0.25, -0.2) is 4.98 Å². The molecule has 1 fully saturated rings. The van der Waals surface area contributed by atoms with Gasteiger partial charge in [-0.1, -0.05) is 31.0 Å². The topological polar surface area (TPSA) is 97.1 Å². The largest absolute Gasteiger partial charge is 0.354 e. The van der Waals surface area contributed by atoms with Crippen molar-refractivity contribution in [1.82, 2.24) is 10.3 Å². The molecule has 1 aliphatic heterocycles. The van der Waals surface area contributed by atoms with E-state index in [0.29, 0.717) is 12.2 Å². The Bertz CT molecular complexity index is 601. The SMILES string of the molecule is NC1(CNC(=O)CC2Sc3ncccc3NC2=O)CCCCC1. The smallest absolute Gasteiger partial charge is 0.238 e. The number of hydrogen-bond donors (Lipinski definition) is 3. The molecular weight excluding hydrogens is 312 g/mol. The van der Waals surface area contributed by atoms with Crippen molar-refractivity contribution in [2.45, 2.75) is 54.3 Å². The van der Waals surface area contributed by atoms with Gasteiger partial charge in [0, 0.05) is 24.7 Å². The third kappa shape index (κ3) is 4.03. The van der Waals surface area contributed by atoms with Gasteiger partial charge in [0.1, 0.15) is 5.03 Å². The number of rotatable bonds is 4. The molecule has 2 heterocycles. The standard InChI is InChI=1S/C16H22N4O2S/c17-16(6-2-1-3-7-16)10-19-13(21)9-12-14(22)20-11-5-4-8-18-15(11)23-12/h4-5,8,12H,1-3,6-7,9-10,17H2,(H,19,21)(H,20,22). The quantitative estimate of drug-likeness (QED) is 0.778. The summed E-state index contributed by atoms with van der Waals surface area (Å²) in [5, 5.41) is 6.02. The first kappa shape index (κ1) is 16.3. The molecule has 7 heteroatoms. The summed E-state index contributed by atoms with van der Waals surface area (Å²) >= 11 is 1.34. The summed E-state index contributed by atoms with van der Waals surface area (Å²) < 4.78 is 0. The molecule has 0 spiro atoms. The molecule has 23 heavy (non-hydrogen) atoms. The van der Waals surface area contributed by atoms with E-state index in [-0.39, 0.29) is 23.8 Å². The number of carbonyl (C=O) groups excluding carboxylic acids is 2. The predicted molar refractivity (Wildman–Crippen MR) is 90.1 cm³/mol. The van der Waals surface area contributed by atoms with E-state index in [1.54, 1.807) is 12.3 Å². The van der Waals surface area contributed by atoms with Crippen LogP contribution in [0.3, 0.4) is 0 Å². The summed E-state index contributed by atoms with van der Waals surface area (Å²) in [4.78, 5) is 28.5. The zero-order valence-corrected chi connectivity index (χ0v) is 13.8. The van der Waals surface area contributed by atoms with E-state index in [1.807, 2.05) is 6.07 Å². The highest BCUT2D eigenvalue weighted by molar-refractivity contribution is 8.00. The van der Waals surface area contributed by atoms with E-state index in [0.717, 1.165) is 30.7 Å². The fourth-order valence-electron chi connectivity index (χ4n) is 3.06. The van der Waals surface area contributed by atoms with E-state index in [1.165, 1.54) is 18.2 Å². The van der Waals surface area contributed by atoms with E-state index in [9.17, 15) is 9.59 Å². The Morgan fingerprint density at radius 2 is 2.22 bits per heavy atom. The highest BCUT2D eigenvalue weighted by Crippen LogP contribution is 2.34. The number of amides is 2. The predicted octanol–water partition coefficient (Wildman–Crippen LogP) is 1.66. The van der Waals surface area contributed by atoms with Gasteiger partial charge in [-0.15, -0.1) is 0 Å². The van der Waals surface area contributed by atoms with Crippen LogP contribution in [-0.4, -0.2) is 34.1 Å². The number of nitrogens with two attached hydrogens (primary N) is 1. The lowest BCUT2D eigenvalue weighted by Crippen LogP contribution is -2.51. The third-order valence-corrected chi connectivity index (χ3v) is 5.65. The molecule has 1 aliphatic carbocycles. The van der Waals surface area contributed by atoms with Crippen LogP contribution in [0.25, 0.3) is 0 Å². The Hall–Kier alpha value is -1.60. The van der Waals surface area contributed by atoms with Gasteiger partial charge in [0.25, 0.3) is 0 Å². The Labute approximate surface area is 140 Å². The Morgan fingerprint density at radius 3 is 3.00 bits per heavy atom. The van der Waals surface area contributed by atoms with Gasteiger partial charge >= 0.3 is 0 Å². The molecule has 0 bridgehead atoms. The monoisotopic (exact) mass is 334 g/mol. The molecule has 124 valence electrons. The molecule has 0 radical (unpaired) electrons. The van der Waals surface area contributed by atoms with E-state index < -0.39 is 5.25 Å². The van der Waals surface area contributed by atoms with Gasteiger partial charge in [0.2, 0.25) is 11.8 Å². The minimum atomic E-state index is -0.447. The summed E-state index contributed by atoms with van der Waals surface area (Å²) in [5.41, 5.74) is 6.74. The van der Waals surface area contributed by atoms with Crippen molar-refractivity contribution >= 4 is 29.3 Å². The van der Waals surface area contributed by atoms with Crippen molar-refractivity contribution < 1.29 is 9.59 Å². The number of hydrogen-bond acceptors (Lipinski definition) is 5. The molecule has 0 aromatic carbocycles. The van der Waals surface area contributed by atoms with Gasteiger partial charge < -0.3 is 16.4 Å². The number of nitrogens with one attached hydrogen (secondary N) is 2. The van der Waals surface area contributed by atoms with Crippen molar-refractivity contribution in [1.29, 1.82) is 0 Å². The lowest BCUT2D eigenvalue weighted by Gasteiger charge is -2.33. The first-order valence-electron chi connectivity index (χ1n) is 8.04. The molecule has 1 saturated carbocycles.